The fraction of sp³-hybridized carbons (Fsp3) is 0.500. The maximum Gasteiger partial charge on any atom is 0.254 e. The van der Waals surface area contributed by atoms with Gasteiger partial charge >= 0.3 is 0 Å². The van der Waals surface area contributed by atoms with Crippen LogP contribution in [0.4, 0.5) is 5.82 Å². The zero-order valence-corrected chi connectivity index (χ0v) is 8.64. The molecule has 1 aliphatic rings. The second-order valence-corrected chi connectivity index (χ2v) is 4.08. The topological polar surface area (TPSA) is 55.1 Å². The number of rotatable bonds is 3. The Kier molecular flexibility index (Phi) is 1.83. The summed E-state index contributed by atoms with van der Waals surface area (Å²) in [5.74, 6) is 2.49. The standard InChI is InChI=1S/C10H13N5/c1-7-4-9(11-5-8-2-3-8)15-10(14-7)12-6-13-15/h4,6,8,11H,2-3,5H2,1H3. The normalized spacial score (nSPS) is 15.8. The van der Waals surface area contributed by atoms with E-state index in [4.69, 9.17) is 0 Å². The number of aryl methyl sites for hydroxylation is 1. The van der Waals surface area contributed by atoms with Gasteiger partial charge in [-0.2, -0.15) is 14.6 Å². The van der Waals surface area contributed by atoms with Gasteiger partial charge in [0.25, 0.3) is 5.78 Å². The summed E-state index contributed by atoms with van der Waals surface area (Å²) >= 11 is 0. The molecule has 3 rings (SSSR count). The molecule has 0 aromatic carbocycles. The van der Waals surface area contributed by atoms with Crippen LogP contribution in [0, 0.1) is 12.8 Å². The summed E-state index contributed by atoms with van der Waals surface area (Å²) in [5, 5.41) is 7.54. The van der Waals surface area contributed by atoms with Gasteiger partial charge in [0.15, 0.2) is 0 Å². The Morgan fingerprint density at radius 3 is 3.20 bits per heavy atom. The summed E-state index contributed by atoms with van der Waals surface area (Å²) in [7, 11) is 0. The highest BCUT2D eigenvalue weighted by Gasteiger charge is 2.21. The molecule has 0 radical (unpaired) electrons. The van der Waals surface area contributed by atoms with Gasteiger partial charge in [0, 0.05) is 18.3 Å². The van der Waals surface area contributed by atoms with Crippen LogP contribution in [0.3, 0.4) is 0 Å². The van der Waals surface area contributed by atoms with E-state index >= 15 is 0 Å². The van der Waals surface area contributed by atoms with Crippen LogP contribution in [0.5, 0.6) is 0 Å². The van der Waals surface area contributed by atoms with Crippen LogP contribution in [-0.4, -0.2) is 26.1 Å². The molecule has 1 aliphatic carbocycles. The first-order valence-electron chi connectivity index (χ1n) is 5.24. The summed E-state index contributed by atoms with van der Waals surface area (Å²) in [6, 6.07) is 2.00. The number of nitrogens with one attached hydrogen (secondary N) is 1. The van der Waals surface area contributed by atoms with E-state index in [0.717, 1.165) is 24.0 Å². The van der Waals surface area contributed by atoms with E-state index < -0.39 is 0 Å². The lowest BCUT2D eigenvalue weighted by Gasteiger charge is -2.07. The molecule has 5 heteroatoms. The summed E-state index contributed by atoms with van der Waals surface area (Å²) in [5.41, 5.74) is 0.966. The molecule has 2 aromatic rings. The van der Waals surface area contributed by atoms with Crippen LogP contribution in [-0.2, 0) is 0 Å². The smallest absolute Gasteiger partial charge is 0.254 e. The quantitative estimate of drug-likeness (QED) is 0.815. The fourth-order valence-electron chi connectivity index (χ4n) is 1.63. The molecule has 5 nitrogen and oxygen atoms in total. The van der Waals surface area contributed by atoms with Crippen molar-refractivity contribution in [2.45, 2.75) is 19.8 Å². The highest BCUT2D eigenvalue weighted by atomic mass is 15.3. The fourth-order valence-corrected chi connectivity index (χ4v) is 1.63. The van der Waals surface area contributed by atoms with E-state index in [9.17, 15) is 0 Å². The van der Waals surface area contributed by atoms with Crippen LogP contribution in [0.2, 0.25) is 0 Å². The third-order valence-corrected chi connectivity index (χ3v) is 2.65. The predicted octanol–water partition coefficient (Wildman–Crippen LogP) is 1.25. The monoisotopic (exact) mass is 203 g/mol. The molecular weight excluding hydrogens is 190 g/mol. The van der Waals surface area contributed by atoms with Crippen LogP contribution in [0.15, 0.2) is 12.4 Å². The summed E-state index contributed by atoms with van der Waals surface area (Å²) in [4.78, 5) is 8.37. The second kappa shape index (κ2) is 3.18. The van der Waals surface area contributed by atoms with Crippen molar-refractivity contribution in [1.82, 2.24) is 19.6 Å². The maximum absolute atomic E-state index is 4.29. The van der Waals surface area contributed by atoms with Gasteiger partial charge < -0.3 is 5.32 Å². The van der Waals surface area contributed by atoms with Crippen LogP contribution < -0.4 is 5.32 Å². The van der Waals surface area contributed by atoms with E-state index in [2.05, 4.69) is 20.4 Å². The Morgan fingerprint density at radius 2 is 2.40 bits per heavy atom. The van der Waals surface area contributed by atoms with Crippen molar-refractivity contribution in [3.05, 3.63) is 18.1 Å². The molecule has 1 fully saturated rings. The number of hydrogen-bond donors (Lipinski definition) is 1. The number of fused-ring (bicyclic) bond motifs is 1. The molecule has 2 aromatic heterocycles. The minimum atomic E-state index is 0.660. The van der Waals surface area contributed by atoms with E-state index in [1.165, 1.54) is 19.2 Å². The second-order valence-electron chi connectivity index (χ2n) is 4.08. The van der Waals surface area contributed by atoms with Crippen LogP contribution >= 0.6 is 0 Å². The predicted molar refractivity (Wildman–Crippen MR) is 56.7 cm³/mol. The number of hydrogen-bond acceptors (Lipinski definition) is 4. The molecule has 0 bridgehead atoms. The lowest BCUT2D eigenvalue weighted by Crippen LogP contribution is -2.09. The van der Waals surface area contributed by atoms with Gasteiger partial charge in [0.2, 0.25) is 0 Å². The minimum absolute atomic E-state index is 0.660. The van der Waals surface area contributed by atoms with Gasteiger partial charge in [-0.3, -0.25) is 0 Å². The first-order valence-corrected chi connectivity index (χ1v) is 5.24. The molecule has 0 atom stereocenters. The Bertz CT molecular complexity index is 486. The van der Waals surface area contributed by atoms with Gasteiger partial charge in [-0.15, -0.1) is 0 Å². The molecular formula is C10H13N5. The highest BCUT2D eigenvalue weighted by molar-refractivity contribution is 5.44. The van der Waals surface area contributed by atoms with Crippen molar-refractivity contribution >= 4 is 11.6 Å². The van der Waals surface area contributed by atoms with E-state index in [0.29, 0.717) is 5.78 Å². The van der Waals surface area contributed by atoms with Gasteiger partial charge in [-0.05, 0) is 25.7 Å². The zero-order valence-electron chi connectivity index (χ0n) is 8.64. The third kappa shape index (κ3) is 1.65. The molecule has 0 saturated heterocycles. The first-order chi connectivity index (χ1) is 7.33. The number of anilines is 1. The Hall–Kier alpha value is -1.65. The Morgan fingerprint density at radius 1 is 1.53 bits per heavy atom. The SMILES string of the molecule is Cc1cc(NCC2CC2)n2ncnc2n1. The van der Waals surface area contributed by atoms with E-state index in [-0.39, 0.29) is 0 Å². The molecule has 0 amide bonds. The lowest BCUT2D eigenvalue weighted by molar-refractivity contribution is 0.853. The number of aromatic nitrogens is 4. The zero-order chi connectivity index (χ0) is 10.3. The molecule has 78 valence electrons. The molecule has 15 heavy (non-hydrogen) atoms. The average Bonchev–Trinajstić information content (AvgIpc) is 2.92. The molecule has 0 unspecified atom stereocenters. The van der Waals surface area contributed by atoms with E-state index in [1.807, 2.05) is 13.0 Å². The maximum atomic E-state index is 4.29. The van der Waals surface area contributed by atoms with Crippen molar-refractivity contribution in [2.24, 2.45) is 5.92 Å². The van der Waals surface area contributed by atoms with E-state index in [1.54, 1.807) is 4.52 Å². The molecule has 2 heterocycles. The summed E-state index contributed by atoms with van der Waals surface area (Å²) < 4.78 is 1.75. The Labute approximate surface area is 87.5 Å². The van der Waals surface area contributed by atoms with Crippen LogP contribution in [0.1, 0.15) is 18.5 Å². The minimum Gasteiger partial charge on any atom is -0.370 e. The molecule has 1 N–H and O–H groups in total. The van der Waals surface area contributed by atoms with Crippen molar-refractivity contribution in [1.29, 1.82) is 0 Å². The first kappa shape index (κ1) is 8.64. The molecule has 0 spiro atoms. The average molecular weight is 203 g/mol. The molecule has 1 saturated carbocycles. The van der Waals surface area contributed by atoms with Crippen molar-refractivity contribution in [3.8, 4) is 0 Å². The van der Waals surface area contributed by atoms with Gasteiger partial charge in [-0.25, -0.2) is 4.98 Å². The summed E-state index contributed by atoms with van der Waals surface area (Å²) in [6.07, 6.45) is 4.22. The highest BCUT2D eigenvalue weighted by Crippen LogP contribution is 2.28. The van der Waals surface area contributed by atoms with Crippen molar-refractivity contribution in [3.63, 3.8) is 0 Å². The lowest BCUT2D eigenvalue weighted by atomic mass is 10.4. The molecule has 0 aliphatic heterocycles. The third-order valence-electron chi connectivity index (χ3n) is 2.65. The van der Waals surface area contributed by atoms with Gasteiger partial charge in [-0.1, -0.05) is 0 Å². The largest absolute Gasteiger partial charge is 0.370 e. The van der Waals surface area contributed by atoms with Crippen molar-refractivity contribution in [2.75, 3.05) is 11.9 Å². The Balaban J connectivity index is 1.95. The number of nitrogens with zero attached hydrogens (tertiary/aromatic N) is 4. The summed E-state index contributed by atoms with van der Waals surface area (Å²) in [6.45, 7) is 3.00. The van der Waals surface area contributed by atoms with Gasteiger partial charge in [0.05, 0.1) is 0 Å². The van der Waals surface area contributed by atoms with Crippen LogP contribution in [0.25, 0.3) is 5.78 Å². The van der Waals surface area contributed by atoms with Gasteiger partial charge in [0.1, 0.15) is 12.1 Å². The van der Waals surface area contributed by atoms with Crippen molar-refractivity contribution < 1.29 is 0 Å².